The summed E-state index contributed by atoms with van der Waals surface area (Å²) in [5.41, 5.74) is 1.82. The Morgan fingerprint density at radius 1 is 1.17 bits per heavy atom. The van der Waals surface area contributed by atoms with E-state index in [2.05, 4.69) is 4.72 Å². The third-order valence-corrected chi connectivity index (χ3v) is 6.80. The van der Waals surface area contributed by atoms with Crippen molar-refractivity contribution in [1.29, 1.82) is 0 Å². The zero-order valence-corrected chi connectivity index (χ0v) is 18.7. The Morgan fingerprint density at radius 3 is 2.57 bits per heavy atom. The predicted molar refractivity (Wildman–Crippen MR) is 116 cm³/mol. The summed E-state index contributed by atoms with van der Waals surface area (Å²) in [6, 6.07) is 14.9. The van der Waals surface area contributed by atoms with Gasteiger partial charge in [0.15, 0.2) is 11.5 Å². The molecular formula is C22H30N2O5S. The normalized spacial score (nSPS) is 19.9. The van der Waals surface area contributed by atoms with Crippen LogP contribution in [0.15, 0.2) is 48.5 Å². The maximum Gasteiger partial charge on any atom is 0.218 e. The van der Waals surface area contributed by atoms with Crippen molar-refractivity contribution in [1.82, 2.24) is 9.79 Å². The van der Waals surface area contributed by atoms with Gasteiger partial charge in [-0.15, -0.1) is 0 Å². The van der Waals surface area contributed by atoms with E-state index in [9.17, 15) is 8.42 Å². The number of benzene rings is 2. The molecule has 1 N–H and O–H groups in total. The van der Waals surface area contributed by atoms with E-state index in [-0.39, 0.29) is 12.5 Å². The first-order valence-corrected chi connectivity index (χ1v) is 11.6. The average Bonchev–Trinajstić information content (AvgIpc) is 3.13. The second kappa shape index (κ2) is 9.78. The second-order valence-corrected chi connectivity index (χ2v) is 9.78. The highest BCUT2D eigenvalue weighted by Gasteiger charge is 2.43. The minimum Gasteiger partial charge on any atom is -0.493 e. The smallest absolute Gasteiger partial charge is 0.218 e. The van der Waals surface area contributed by atoms with E-state index in [0.29, 0.717) is 24.7 Å². The summed E-state index contributed by atoms with van der Waals surface area (Å²) in [6.07, 6.45) is 0. The Kier molecular flexibility index (Phi) is 7.36. The fraction of sp³-hybridized carbons (Fsp3) is 0.455. The number of hydrogen-bond acceptors (Lipinski definition) is 6. The molecule has 30 heavy (non-hydrogen) atoms. The molecule has 0 aromatic heterocycles. The van der Waals surface area contributed by atoms with Crippen LogP contribution in [0, 0.1) is 5.92 Å². The summed E-state index contributed by atoms with van der Waals surface area (Å²) in [5.74, 6) is 1.37. The van der Waals surface area contributed by atoms with Gasteiger partial charge in [0.1, 0.15) is 11.9 Å². The van der Waals surface area contributed by atoms with Crippen molar-refractivity contribution in [3.8, 4) is 11.5 Å². The van der Waals surface area contributed by atoms with Crippen LogP contribution in [-0.2, 0) is 21.5 Å². The number of hydrogen-bond donors (Lipinski definition) is 1. The largest absolute Gasteiger partial charge is 0.493 e. The van der Waals surface area contributed by atoms with Gasteiger partial charge < -0.3 is 9.47 Å². The van der Waals surface area contributed by atoms with Gasteiger partial charge in [-0.2, -0.15) is 5.06 Å². The summed E-state index contributed by atoms with van der Waals surface area (Å²) < 4.78 is 40.0. The van der Waals surface area contributed by atoms with Gasteiger partial charge in [0.05, 0.1) is 19.8 Å². The number of ether oxygens (including phenoxy) is 2. The van der Waals surface area contributed by atoms with Crippen LogP contribution in [0.1, 0.15) is 31.0 Å². The highest BCUT2D eigenvalue weighted by molar-refractivity contribution is 7.90. The zero-order chi connectivity index (χ0) is 21.7. The molecule has 3 rings (SSSR count). The van der Waals surface area contributed by atoms with E-state index in [1.807, 2.05) is 56.3 Å². The first kappa shape index (κ1) is 22.6. The van der Waals surface area contributed by atoms with Gasteiger partial charge in [-0.1, -0.05) is 50.2 Å². The molecule has 0 aliphatic carbocycles. The van der Waals surface area contributed by atoms with Gasteiger partial charge in [-0.05, 0) is 29.2 Å². The number of sulfonamides is 1. The molecule has 2 atom stereocenters. The van der Waals surface area contributed by atoms with Crippen molar-refractivity contribution >= 4 is 10.0 Å². The molecule has 164 valence electrons. The van der Waals surface area contributed by atoms with Crippen LogP contribution in [0.25, 0.3) is 0 Å². The van der Waals surface area contributed by atoms with Crippen molar-refractivity contribution < 1.29 is 22.7 Å². The molecule has 2 unspecified atom stereocenters. The standard InChI is InChI=1S/C22H30N2O5S/c1-16(2)13-23-30(25,26)21-15-29-24(3)22(21)18-10-11-19(27-4)20(12-18)28-14-17-8-6-5-7-9-17/h5-12,16,21-23H,13-15H2,1-4H3. The lowest BCUT2D eigenvalue weighted by Crippen LogP contribution is -2.40. The highest BCUT2D eigenvalue weighted by Crippen LogP contribution is 2.38. The number of nitrogens with zero attached hydrogens (tertiary/aromatic N) is 1. The molecule has 0 radical (unpaired) electrons. The van der Waals surface area contributed by atoms with Crippen molar-refractivity contribution in [2.75, 3.05) is 27.3 Å². The molecule has 1 aliphatic rings. The Hall–Kier alpha value is -2.13. The summed E-state index contributed by atoms with van der Waals surface area (Å²) in [6.45, 7) is 4.81. The monoisotopic (exact) mass is 434 g/mol. The number of rotatable bonds is 9. The molecule has 0 spiro atoms. The van der Waals surface area contributed by atoms with E-state index in [4.69, 9.17) is 14.3 Å². The number of hydroxylamine groups is 2. The van der Waals surface area contributed by atoms with Crippen LogP contribution in [0.4, 0.5) is 0 Å². The quantitative estimate of drug-likeness (QED) is 0.653. The minimum absolute atomic E-state index is 0.0980. The van der Waals surface area contributed by atoms with Crippen LogP contribution in [-0.4, -0.2) is 46.0 Å². The van der Waals surface area contributed by atoms with Gasteiger partial charge in [0, 0.05) is 13.6 Å². The fourth-order valence-electron chi connectivity index (χ4n) is 3.40. The van der Waals surface area contributed by atoms with Crippen molar-refractivity contribution in [3.05, 3.63) is 59.7 Å². The molecule has 8 heteroatoms. The summed E-state index contributed by atoms with van der Waals surface area (Å²) in [4.78, 5) is 5.59. The van der Waals surface area contributed by atoms with Crippen LogP contribution in [0.3, 0.4) is 0 Å². The molecule has 1 saturated heterocycles. The van der Waals surface area contributed by atoms with Gasteiger partial charge >= 0.3 is 0 Å². The fourth-order valence-corrected chi connectivity index (χ4v) is 5.08. The lowest BCUT2D eigenvalue weighted by atomic mass is 10.0. The summed E-state index contributed by atoms with van der Waals surface area (Å²) >= 11 is 0. The molecule has 1 heterocycles. The first-order valence-electron chi connectivity index (χ1n) is 10.0. The SMILES string of the molecule is COc1ccc(C2C(S(=O)(=O)NCC(C)C)CON2C)cc1OCc1ccccc1. The summed E-state index contributed by atoms with van der Waals surface area (Å²) in [5, 5.41) is 0.874. The molecule has 1 aliphatic heterocycles. The van der Waals surface area contributed by atoms with Crippen LogP contribution in [0.2, 0.25) is 0 Å². The molecule has 2 aromatic rings. The van der Waals surface area contributed by atoms with Crippen molar-refractivity contribution in [3.63, 3.8) is 0 Å². The van der Waals surface area contributed by atoms with Crippen molar-refractivity contribution in [2.45, 2.75) is 31.7 Å². The maximum absolute atomic E-state index is 12.9. The molecule has 2 aromatic carbocycles. The lowest BCUT2D eigenvalue weighted by Gasteiger charge is -2.24. The predicted octanol–water partition coefficient (Wildman–Crippen LogP) is 3.14. The van der Waals surface area contributed by atoms with Gasteiger partial charge in [-0.25, -0.2) is 13.1 Å². The zero-order valence-electron chi connectivity index (χ0n) is 17.9. The molecule has 0 saturated carbocycles. The Morgan fingerprint density at radius 2 is 1.90 bits per heavy atom. The molecule has 7 nitrogen and oxygen atoms in total. The summed E-state index contributed by atoms with van der Waals surface area (Å²) in [7, 11) is -0.229. The lowest BCUT2D eigenvalue weighted by molar-refractivity contribution is -0.110. The van der Waals surface area contributed by atoms with Gasteiger partial charge in [0.2, 0.25) is 10.0 Å². The van der Waals surface area contributed by atoms with E-state index >= 15 is 0 Å². The second-order valence-electron chi connectivity index (χ2n) is 7.80. The van der Waals surface area contributed by atoms with Crippen LogP contribution in [0.5, 0.6) is 11.5 Å². The topological polar surface area (TPSA) is 77.1 Å². The minimum atomic E-state index is -3.56. The van der Waals surface area contributed by atoms with E-state index in [0.717, 1.165) is 11.1 Å². The molecule has 1 fully saturated rings. The van der Waals surface area contributed by atoms with Crippen LogP contribution >= 0.6 is 0 Å². The van der Waals surface area contributed by atoms with E-state index in [1.54, 1.807) is 25.3 Å². The maximum atomic E-state index is 12.9. The average molecular weight is 435 g/mol. The number of nitrogens with one attached hydrogen (secondary N) is 1. The number of methoxy groups -OCH3 is 1. The van der Waals surface area contributed by atoms with Crippen LogP contribution < -0.4 is 14.2 Å². The third-order valence-electron chi connectivity index (χ3n) is 5.04. The highest BCUT2D eigenvalue weighted by atomic mass is 32.2. The van der Waals surface area contributed by atoms with E-state index in [1.165, 1.54) is 0 Å². The van der Waals surface area contributed by atoms with E-state index < -0.39 is 21.3 Å². The Balaban J connectivity index is 1.85. The van der Waals surface area contributed by atoms with Gasteiger partial charge in [-0.3, -0.25) is 4.84 Å². The molecule has 0 amide bonds. The molecular weight excluding hydrogens is 404 g/mol. The van der Waals surface area contributed by atoms with Crippen molar-refractivity contribution in [2.24, 2.45) is 5.92 Å². The molecule has 0 bridgehead atoms. The first-order chi connectivity index (χ1) is 14.3. The third kappa shape index (κ3) is 5.31. The Bertz CT molecular complexity index is 934. The van der Waals surface area contributed by atoms with Gasteiger partial charge in [0.25, 0.3) is 0 Å². The Labute approximate surface area is 178 Å².